The van der Waals surface area contributed by atoms with Gasteiger partial charge in [0.25, 0.3) is 0 Å². The SMILES string of the molecule is CC1CCC(C2=CCC(S)C[C@H]2C)C1. The van der Waals surface area contributed by atoms with Gasteiger partial charge in [0.05, 0.1) is 0 Å². The van der Waals surface area contributed by atoms with Crippen LogP contribution < -0.4 is 0 Å². The third kappa shape index (κ3) is 2.18. The zero-order valence-electron chi connectivity index (χ0n) is 9.37. The molecule has 0 aromatic carbocycles. The number of hydrogen-bond acceptors (Lipinski definition) is 1. The van der Waals surface area contributed by atoms with E-state index in [9.17, 15) is 0 Å². The fraction of sp³-hybridized carbons (Fsp3) is 0.846. The summed E-state index contributed by atoms with van der Waals surface area (Å²) in [7, 11) is 0. The van der Waals surface area contributed by atoms with Crippen molar-refractivity contribution in [2.75, 3.05) is 0 Å². The van der Waals surface area contributed by atoms with Crippen LogP contribution in [0.4, 0.5) is 0 Å². The smallest absolute Gasteiger partial charge is 0.00570 e. The van der Waals surface area contributed by atoms with Gasteiger partial charge in [-0.1, -0.05) is 31.9 Å². The highest BCUT2D eigenvalue weighted by molar-refractivity contribution is 7.80. The van der Waals surface area contributed by atoms with Gasteiger partial charge >= 0.3 is 0 Å². The summed E-state index contributed by atoms with van der Waals surface area (Å²) in [5.74, 6) is 2.67. The zero-order chi connectivity index (χ0) is 10.1. The first-order valence-corrected chi connectivity index (χ1v) is 6.56. The van der Waals surface area contributed by atoms with Gasteiger partial charge in [0.15, 0.2) is 0 Å². The van der Waals surface area contributed by atoms with Gasteiger partial charge in [-0.25, -0.2) is 0 Å². The van der Waals surface area contributed by atoms with E-state index >= 15 is 0 Å². The Morgan fingerprint density at radius 1 is 1.21 bits per heavy atom. The monoisotopic (exact) mass is 210 g/mol. The maximum atomic E-state index is 4.58. The highest BCUT2D eigenvalue weighted by atomic mass is 32.1. The third-order valence-corrected chi connectivity index (χ3v) is 4.41. The molecule has 0 nitrogen and oxygen atoms in total. The molecule has 14 heavy (non-hydrogen) atoms. The van der Waals surface area contributed by atoms with E-state index in [1.807, 2.05) is 0 Å². The molecule has 1 fully saturated rings. The molecule has 1 heteroatoms. The summed E-state index contributed by atoms with van der Waals surface area (Å²) in [5, 5.41) is 0.618. The molecular formula is C13H22S. The molecule has 0 amide bonds. The highest BCUT2D eigenvalue weighted by Gasteiger charge is 2.29. The predicted molar refractivity (Wildman–Crippen MR) is 65.8 cm³/mol. The van der Waals surface area contributed by atoms with E-state index in [2.05, 4.69) is 32.6 Å². The second-order valence-corrected chi connectivity index (χ2v) is 6.08. The summed E-state index contributed by atoms with van der Waals surface area (Å²) < 4.78 is 0. The van der Waals surface area contributed by atoms with Crippen LogP contribution in [0.5, 0.6) is 0 Å². The lowest BCUT2D eigenvalue weighted by Crippen LogP contribution is -2.18. The van der Waals surface area contributed by atoms with Gasteiger partial charge in [-0.05, 0) is 43.4 Å². The van der Waals surface area contributed by atoms with Crippen LogP contribution in [0.3, 0.4) is 0 Å². The standard InChI is InChI=1S/C13H22S/c1-9-3-4-11(7-9)13-6-5-12(14)8-10(13)2/h6,9-12,14H,3-5,7-8H2,1-2H3/t9?,10-,11?,12?/m1/s1. The van der Waals surface area contributed by atoms with Gasteiger partial charge in [0.1, 0.15) is 0 Å². The van der Waals surface area contributed by atoms with Gasteiger partial charge in [0, 0.05) is 5.25 Å². The van der Waals surface area contributed by atoms with Gasteiger partial charge in [-0.15, -0.1) is 0 Å². The maximum absolute atomic E-state index is 4.58. The molecule has 0 heterocycles. The number of thiol groups is 1. The lowest BCUT2D eigenvalue weighted by atomic mass is 9.80. The normalized spacial score (nSPS) is 43.8. The Labute approximate surface area is 93.6 Å². The molecule has 0 aromatic rings. The summed E-state index contributed by atoms with van der Waals surface area (Å²) in [6.45, 7) is 4.78. The first-order valence-electron chi connectivity index (χ1n) is 6.04. The Hall–Kier alpha value is 0.0900. The fourth-order valence-corrected chi connectivity index (χ4v) is 3.61. The minimum Gasteiger partial charge on any atom is -0.176 e. The summed E-state index contributed by atoms with van der Waals surface area (Å²) in [6, 6.07) is 0. The van der Waals surface area contributed by atoms with E-state index in [0.29, 0.717) is 5.25 Å². The summed E-state index contributed by atoms with van der Waals surface area (Å²) in [4.78, 5) is 0. The Morgan fingerprint density at radius 2 is 2.00 bits per heavy atom. The molecule has 0 aromatic heterocycles. The quantitative estimate of drug-likeness (QED) is 0.489. The van der Waals surface area contributed by atoms with Gasteiger partial charge in [-0.2, -0.15) is 12.6 Å². The van der Waals surface area contributed by atoms with Crippen LogP contribution in [0.25, 0.3) is 0 Å². The summed E-state index contributed by atoms with van der Waals surface area (Å²) in [5.41, 5.74) is 1.76. The maximum Gasteiger partial charge on any atom is 0.00570 e. The Bertz CT molecular complexity index is 231. The fourth-order valence-electron chi connectivity index (χ4n) is 3.19. The van der Waals surface area contributed by atoms with E-state index in [1.54, 1.807) is 5.57 Å². The number of rotatable bonds is 1. The van der Waals surface area contributed by atoms with E-state index in [-0.39, 0.29) is 0 Å². The van der Waals surface area contributed by atoms with Crippen molar-refractivity contribution in [3.8, 4) is 0 Å². The highest BCUT2D eigenvalue weighted by Crippen LogP contribution is 2.41. The molecule has 0 aliphatic heterocycles. The van der Waals surface area contributed by atoms with Crippen molar-refractivity contribution < 1.29 is 0 Å². The number of allylic oxidation sites excluding steroid dienone is 2. The van der Waals surface area contributed by atoms with Crippen molar-refractivity contribution >= 4 is 12.6 Å². The molecule has 80 valence electrons. The topological polar surface area (TPSA) is 0 Å². The molecule has 0 bridgehead atoms. The number of hydrogen-bond donors (Lipinski definition) is 1. The molecule has 0 radical (unpaired) electrons. The molecule has 0 spiro atoms. The largest absolute Gasteiger partial charge is 0.176 e. The second-order valence-electron chi connectivity index (χ2n) is 5.35. The van der Waals surface area contributed by atoms with Crippen LogP contribution in [0.15, 0.2) is 11.6 Å². The van der Waals surface area contributed by atoms with Crippen molar-refractivity contribution in [2.45, 2.75) is 51.2 Å². The van der Waals surface area contributed by atoms with Gasteiger partial charge < -0.3 is 0 Å². The first-order chi connectivity index (χ1) is 6.66. The van der Waals surface area contributed by atoms with Crippen molar-refractivity contribution in [1.29, 1.82) is 0 Å². The van der Waals surface area contributed by atoms with E-state index in [4.69, 9.17) is 0 Å². The second kappa shape index (κ2) is 4.30. The van der Waals surface area contributed by atoms with Gasteiger partial charge in [-0.3, -0.25) is 0 Å². The molecule has 2 aliphatic rings. The van der Waals surface area contributed by atoms with Gasteiger partial charge in [0.2, 0.25) is 0 Å². The van der Waals surface area contributed by atoms with Crippen molar-refractivity contribution in [3.05, 3.63) is 11.6 Å². The minimum absolute atomic E-state index is 0.618. The average Bonchev–Trinajstić information content (AvgIpc) is 2.51. The zero-order valence-corrected chi connectivity index (χ0v) is 10.3. The van der Waals surface area contributed by atoms with Crippen molar-refractivity contribution in [1.82, 2.24) is 0 Å². The van der Waals surface area contributed by atoms with Crippen LogP contribution in [0.1, 0.15) is 46.0 Å². The predicted octanol–water partition coefficient (Wildman–Crippen LogP) is 4.08. The molecule has 0 saturated heterocycles. The van der Waals surface area contributed by atoms with Crippen LogP contribution in [-0.4, -0.2) is 5.25 Å². The minimum atomic E-state index is 0.618. The van der Waals surface area contributed by atoms with Crippen LogP contribution in [-0.2, 0) is 0 Å². The van der Waals surface area contributed by atoms with E-state index in [0.717, 1.165) is 17.8 Å². The molecule has 2 rings (SSSR count). The molecule has 2 aliphatic carbocycles. The Balaban J connectivity index is 2.03. The molecule has 0 N–H and O–H groups in total. The lowest BCUT2D eigenvalue weighted by molar-refractivity contribution is 0.466. The van der Waals surface area contributed by atoms with E-state index < -0.39 is 0 Å². The third-order valence-electron chi connectivity index (χ3n) is 3.99. The first kappa shape index (κ1) is 10.6. The summed E-state index contributed by atoms with van der Waals surface area (Å²) in [6.07, 6.45) is 9.31. The summed E-state index contributed by atoms with van der Waals surface area (Å²) >= 11 is 4.58. The molecule has 4 atom stereocenters. The van der Waals surface area contributed by atoms with Crippen molar-refractivity contribution in [2.24, 2.45) is 17.8 Å². The van der Waals surface area contributed by atoms with Crippen LogP contribution in [0.2, 0.25) is 0 Å². The van der Waals surface area contributed by atoms with E-state index in [1.165, 1.54) is 32.1 Å². The molecule has 1 saturated carbocycles. The Morgan fingerprint density at radius 3 is 2.57 bits per heavy atom. The Kier molecular flexibility index (Phi) is 3.26. The lowest BCUT2D eigenvalue weighted by Gasteiger charge is -2.28. The van der Waals surface area contributed by atoms with Crippen molar-refractivity contribution in [3.63, 3.8) is 0 Å². The van der Waals surface area contributed by atoms with Crippen LogP contribution in [0, 0.1) is 17.8 Å². The molecular weight excluding hydrogens is 188 g/mol. The average molecular weight is 210 g/mol. The van der Waals surface area contributed by atoms with Crippen LogP contribution >= 0.6 is 12.6 Å². The molecule has 3 unspecified atom stereocenters.